The Bertz CT molecular complexity index is 700. The summed E-state index contributed by atoms with van der Waals surface area (Å²) in [6.07, 6.45) is 1.20. The van der Waals surface area contributed by atoms with Crippen LogP contribution in [0.1, 0.15) is 30.4 Å². The van der Waals surface area contributed by atoms with Crippen molar-refractivity contribution in [2.75, 3.05) is 20.2 Å². The fraction of sp³-hybridized carbons (Fsp3) is 0.400. The molecule has 2 aliphatic rings. The molecule has 1 fully saturated rings. The van der Waals surface area contributed by atoms with Gasteiger partial charge in [0, 0.05) is 12.0 Å². The molecule has 2 atom stereocenters. The van der Waals surface area contributed by atoms with Gasteiger partial charge in [0.15, 0.2) is 0 Å². The van der Waals surface area contributed by atoms with Crippen LogP contribution in [0.3, 0.4) is 0 Å². The van der Waals surface area contributed by atoms with Gasteiger partial charge in [0.2, 0.25) is 0 Å². The Morgan fingerprint density at radius 1 is 1.22 bits per heavy atom. The summed E-state index contributed by atoms with van der Waals surface area (Å²) in [7, 11) is 2.20. The molecule has 3 heteroatoms. The maximum Gasteiger partial charge on any atom is 0.126 e. The lowest BCUT2D eigenvalue weighted by Crippen LogP contribution is -2.49. The molecule has 0 aliphatic carbocycles. The molecule has 4 rings (SSSR count). The van der Waals surface area contributed by atoms with Crippen molar-refractivity contribution in [2.24, 2.45) is 0 Å². The van der Waals surface area contributed by atoms with Crippen molar-refractivity contribution < 1.29 is 9.47 Å². The summed E-state index contributed by atoms with van der Waals surface area (Å²) in [5.41, 5.74) is 2.63. The van der Waals surface area contributed by atoms with Crippen LogP contribution in [-0.4, -0.2) is 30.6 Å². The zero-order chi connectivity index (χ0) is 15.9. The number of nitrogens with zero attached hydrogens (tertiary/aromatic N) is 1. The van der Waals surface area contributed by atoms with Crippen LogP contribution in [0.25, 0.3) is 0 Å². The highest BCUT2D eigenvalue weighted by Crippen LogP contribution is 2.48. The Balaban J connectivity index is 1.54. The van der Waals surface area contributed by atoms with Crippen LogP contribution in [0.5, 0.6) is 11.5 Å². The van der Waals surface area contributed by atoms with Gasteiger partial charge in [-0.3, -0.25) is 4.90 Å². The minimum atomic E-state index is 0.124. The van der Waals surface area contributed by atoms with E-state index in [1.807, 2.05) is 18.2 Å². The average Bonchev–Trinajstić information content (AvgIpc) is 2.89. The van der Waals surface area contributed by atoms with E-state index in [1.165, 1.54) is 17.5 Å². The average molecular weight is 309 g/mol. The van der Waals surface area contributed by atoms with E-state index in [-0.39, 0.29) is 5.54 Å². The summed E-state index contributed by atoms with van der Waals surface area (Å²) in [4.78, 5) is 2.43. The first-order valence-electron chi connectivity index (χ1n) is 8.31. The largest absolute Gasteiger partial charge is 0.491 e. The molecule has 2 aromatic carbocycles. The fourth-order valence-electron chi connectivity index (χ4n) is 3.84. The maximum atomic E-state index is 6.08. The van der Waals surface area contributed by atoms with Crippen LogP contribution < -0.4 is 9.47 Å². The summed E-state index contributed by atoms with van der Waals surface area (Å²) in [5.74, 6) is 2.43. The van der Waals surface area contributed by atoms with Gasteiger partial charge in [-0.1, -0.05) is 36.4 Å². The molecule has 0 spiro atoms. The van der Waals surface area contributed by atoms with Gasteiger partial charge in [-0.2, -0.15) is 0 Å². The first-order valence-corrected chi connectivity index (χ1v) is 8.31. The summed E-state index contributed by atoms with van der Waals surface area (Å²) >= 11 is 0. The molecule has 0 amide bonds. The van der Waals surface area contributed by atoms with E-state index in [0.717, 1.165) is 24.7 Å². The molecule has 0 aromatic heterocycles. The number of likely N-dealkylation sites (tertiary alicyclic amines) is 1. The van der Waals surface area contributed by atoms with Crippen molar-refractivity contribution in [1.29, 1.82) is 0 Å². The molecule has 120 valence electrons. The Kier molecular flexibility index (Phi) is 3.53. The third-order valence-electron chi connectivity index (χ3n) is 5.50. The SMILES string of the molecule is CN1CC[C@H]2c3ccc(OCc4ccccc4)cc3OC[C@]21C. The lowest BCUT2D eigenvalue weighted by Gasteiger charge is -2.41. The van der Waals surface area contributed by atoms with E-state index in [2.05, 4.69) is 49.2 Å². The molecule has 23 heavy (non-hydrogen) atoms. The number of likely N-dealkylation sites (N-methyl/N-ethyl adjacent to an activating group) is 1. The van der Waals surface area contributed by atoms with E-state index in [9.17, 15) is 0 Å². The predicted octanol–water partition coefficient (Wildman–Crippen LogP) is 3.84. The van der Waals surface area contributed by atoms with E-state index in [1.54, 1.807) is 0 Å². The van der Waals surface area contributed by atoms with Crippen LogP contribution >= 0.6 is 0 Å². The van der Waals surface area contributed by atoms with Gasteiger partial charge in [0.25, 0.3) is 0 Å². The Labute approximate surface area is 137 Å². The zero-order valence-corrected chi connectivity index (χ0v) is 13.8. The van der Waals surface area contributed by atoms with E-state index in [4.69, 9.17) is 9.47 Å². The van der Waals surface area contributed by atoms with E-state index >= 15 is 0 Å². The zero-order valence-electron chi connectivity index (χ0n) is 13.8. The van der Waals surface area contributed by atoms with E-state index < -0.39 is 0 Å². The standard InChI is InChI=1S/C20H23NO2/c1-20-14-23-19-12-16(22-13-15-6-4-3-5-7-15)8-9-17(19)18(20)10-11-21(20)2/h3-9,12,18H,10-11,13-14H2,1-2H3/t18-,20+/m0/s1. The summed E-state index contributed by atoms with van der Waals surface area (Å²) < 4.78 is 12.0. The third kappa shape index (κ3) is 2.49. The molecular weight excluding hydrogens is 286 g/mol. The minimum Gasteiger partial charge on any atom is -0.491 e. The first-order chi connectivity index (χ1) is 11.2. The number of hydrogen-bond donors (Lipinski definition) is 0. The molecule has 1 saturated heterocycles. The van der Waals surface area contributed by atoms with Gasteiger partial charge in [-0.15, -0.1) is 0 Å². The highest BCUT2D eigenvalue weighted by atomic mass is 16.5. The summed E-state index contributed by atoms with van der Waals surface area (Å²) in [6.45, 7) is 4.79. The van der Waals surface area contributed by atoms with Gasteiger partial charge in [0.05, 0.1) is 5.54 Å². The van der Waals surface area contributed by atoms with E-state index in [0.29, 0.717) is 12.5 Å². The molecule has 0 bridgehead atoms. The number of ether oxygens (including phenoxy) is 2. The van der Waals surface area contributed by atoms with Crippen molar-refractivity contribution in [1.82, 2.24) is 4.90 Å². The Morgan fingerprint density at radius 2 is 2.04 bits per heavy atom. The molecule has 0 radical (unpaired) electrons. The second kappa shape index (κ2) is 5.57. The molecule has 0 N–H and O–H groups in total. The van der Waals surface area contributed by atoms with Gasteiger partial charge in [0.1, 0.15) is 24.7 Å². The minimum absolute atomic E-state index is 0.124. The Hall–Kier alpha value is -2.00. The fourth-order valence-corrected chi connectivity index (χ4v) is 3.84. The third-order valence-corrected chi connectivity index (χ3v) is 5.50. The molecular formula is C20H23NO2. The van der Waals surface area contributed by atoms with Crippen LogP contribution in [0.4, 0.5) is 0 Å². The van der Waals surface area contributed by atoms with Crippen molar-refractivity contribution in [2.45, 2.75) is 31.4 Å². The number of hydrogen-bond acceptors (Lipinski definition) is 3. The van der Waals surface area contributed by atoms with Crippen molar-refractivity contribution in [3.63, 3.8) is 0 Å². The van der Waals surface area contributed by atoms with Crippen molar-refractivity contribution in [3.05, 3.63) is 59.7 Å². The monoisotopic (exact) mass is 309 g/mol. The maximum absolute atomic E-state index is 6.08. The molecule has 2 aromatic rings. The quantitative estimate of drug-likeness (QED) is 0.860. The van der Waals surface area contributed by atoms with Crippen molar-refractivity contribution in [3.8, 4) is 11.5 Å². The highest BCUT2D eigenvalue weighted by Gasteiger charge is 2.48. The van der Waals surface area contributed by atoms with Crippen LogP contribution in [0, 0.1) is 0 Å². The summed E-state index contributed by atoms with van der Waals surface area (Å²) in [5, 5.41) is 0. The number of rotatable bonds is 3. The topological polar surface area (TPSA) is 21.7 Å². The molecule has 2 aliphatic heterocycles. The van der Waals surface area contributed by atoms with Gasteiger partial charge in [-0.25, -0.2) is 0 Å². The van der Waals surface area contributed by atoms with Crippen molar-refractivity contribution >= 4 is 0 Å². The van der Waals surface area contributed by atoms with Gasteiger partial charge in [-0.05, 0) is 44.1 Å². The predicted molar refractivity (Wildman–Crippen MR) is 91.1 cm³/mol. The van der Waals surface area contributed by atoms with Crippen LogP contribution in [0.15, 0.2) is 48.5 Å². The lowest BCUT2D eigenvalue weighted by atomic mass is 9.79. The molecule has 0 unspecified atom stereocenters. The highest BCUT2D eigenvalue weighted by molar-refractivity contribution is 5.46. The normalized spacial score (nSPS) is 26.3. The number of fused-ring (bicyclic) bond motifs is 3. The van der Waals surface area contributed by atoms with Gasteiger partial charge < -0.3 is 9.47 Å². The van der Waals surface area contributed by atoms with Gasteiger partial charge >= 0.3 is 0 Å². The second-order valence-corrected chi connectivity index (χ2v) is 6.88. The molecule has 3 nitrogen and oxygen atoms in total. The van der Waals surface area contributed by atoms with Crippen LogP contribution in [0.2, 0.25) is 0 Å². The Morgan fingerprint density at radius 3 is 2.87 bits per heavy atom. The van der Waals surface area contributed by atoms with Crippen LogP contribution in [-0.2, 0) is 6.61 Å². The first kappa shape index (κ1) is 14.6. The second-order valence-electron chi connectivity index (χ2n) is 6.88. The molecule has 2 heterocycles. The number of benzene rings is 2. The summed E-state index contributed by atoms with van der Waals surface area (Å²) in [6, 6.07) is 16.6. The lowest BCUT2D eigenvalue weighted by molar-refractivity contribution is 0.0833. The smallest absolute Gasteiger partial charge is 0.126 e. The molecule has 0 saturated carbocycles.